The van der Waals surface area contributed by atoms with Crippen molar-refractivity contribution in [3.05, 3.63) is 82.0 Å². The standard InChI is InChI=1S/C19H13Cl2NO3/c1-2-9-24-14-6-3-12(4-7-14)10-17-19(23)25-18(22-17)13-5-8-15(20)16(21)11-13/h2-8,10-11H,1,9H2/b17-10-. The summed E-state index contributed by atoms with van der Waals surface area (Å²) < 4.78 is 10.6. The number of carbonyl (C=O) groups excluding carboxylic acids is 1. The number of ether oxygens (including phenoxy) is 2. The van der Waals surface area contributed by atoms with Gasteiger partial charge in [-0.15, -0.1) is 0 Å². The van der Waals surface area contributed by atoms with Crippen LogP contribution in [0.2, 0.25) is 10.0 Å². The molecule has 0 amide bonds. The second kappa shape index (κ2) is 7.55. The molecule has 0 aromatic heterocycles. The van der Waals surface area contributed by atoms with Crippen molar-refractivity contribution in [2.24, 2.45) is 4.99 Å². The molecule has 0 radical (unpaired) electrons. The normalized spacial score (nSPS) is 15.0. The summed E-state index contributed by atoms with van der Waals surface area (Å²) in [5.74, 6) is 0.393. The van der Waals surface area contributed by atoms with Crippen LogP contribution in [-0.2, 0) is 9.53 Å². The molecule has 1 aliphatic heterocycles. The van der Waals surface area contributed by atoms with E-state index in [0.717, 1.165) is 11.3 Å². The fraction of sp³-hybridized carbons (Fsp3) is 0.0526. The lowest BCUT2D eigenvalue weighted by molar-refractivity contribution is -0.129. The Morgan fingerprint density at radius 1 is 1.12 bits per heavy atom. The highest BCUT2D eigenvalue weighted by molar-refractivity contribution is 6.42. The minimum Gasteiger partial charge on any atom is -0.490 e. The van der Waals surface area contributed by atoms with E-state index in [1.165, 1.54) is 0 Å². The smallest absolute Gasteiger partial charge is 0.363 e. The Balaban J connectivity index is 1.82. The summed E-state index contributed by atoms with van der Waals surface area (Å²) in [6, 6.07) is 12.2. The molecule has 0 unspecified atom stereocenters. The molecule has 0 saturated heterocycles. The third-order valence-corrected chi connectivity index (χ3v) is 4.08. The van der Waals surface area contributed by atoms with E-state index in [1.807, 2.05) is 12.1 Å². The molecule has 0 bridgehead atoms. The van der Waals surface area contributed by atoms with E-state index >= 15 is 0 Å². The van der Waals surface area contributed by atoms with Gasteiger partial charge in [0, 0.05) is 5.56 Å². The summed E-state index contributed by atoms with van der Waals surface area (Å²) >= 11 is 11.9. The number of esters is 1. The largest absolute Gasteiger partial charge is 0.490 e. The third-order valence-electron chi connectivity index (χ3n) is 3.34. The summed E-state index contributed by atoms with van der Waals surface area (Å²) in [4.78, 5) is 16.3. The van der Waals surface area contributed by atoms with Gasteiger partial charge in [0.25, 0.3) is 0 Å². The van der Waals surface area contributed by atoms with Crippen LogP contribution in [0.25, 0.3) is 6.08 Å². The number of rotatable bonds is 5. The van der Waals surface area contributed by atoms with Gasteiger partial charge in [-0.05, 0) is 42.0 Å². The van der Waals surface area contributed by atoms with E-state index in [2.05, 4.69) is 11.6 Å². The van der Waals surface area contributed by atoms with Crippen molar-refractivity contribution in [1.29, 1.82) is 0 Å². The van der Waals surface area contributed by atoms with Crippen LogP contribution in [0.3, 0.4) is 0 Å². The van der Waals surface area contributed by atoms with Gasteiger partial charge in [-0.1, -0.05) is 48.0 Å². The molecule has 0 spiro atoms. The van der Waals surface area contributed by atoms with Gasteiger partial charge >= 0.3 is 5.97 Å². The first-order valence-electron chi connectivity index (χ1n) is 7.38. The van der Waals surface area contributed by atoms with Gasteiger partial charge < -0.3 is 9.47 Å². The van der Waals surface area contributed by atoms with Gasteiger partial charge in [0.1, 0.15) is 12.4 Å². The molecular weight excluding hydrogens is 361 g/mol. The van der Waals surface area contributed by atoms with Crippen molar-refractivity contribution in [1.82, 2.24) is 0 Å². The van der Waals surface area contributed by atoms with Gasteiger partial charge in [-0.25, -0.2) is 9.79 Å². The van der Waals surface area contributed by atoms with Gasteiger partial charge in [0.05, 0.1) is 10.0 Å². The van der Waals surface area contributed by atoms with Crippen LogP contribution in [0.1, 0.15) is 11.1 Å². The fourth-order valence-corrected chi connectivity index (χ4v) is 2.43. The van der Waals surface area contributed by atoms with Crippen LogP contribution in [-0.4, -0.2) is 18.5 Å². The molecule has 4 nitrogen and oxygen atoms in total. The molecule has 2 aromatic rings. The third kappa shape index (κ3) is 4.10. The number of nitrogens with zero attached hydrogens (tertiary/aromatic N) is 1. The lowest BCUT2D eigenvalue weighted by Crippen LogP contribution is -2.05. The highest BCUT2D eigenvalue weighted by Gasteiger charge is 2.24. The number of benzene rings is 2. The van der Waals surface area contributed by atoms with E-state index in [0.29, 0.717) is 22.2 Å². The maximum atomic E-state index is 12.0. The first-order valence-corrected chi connectivity index (χ1v) is 8.14. The molecular formula is C19H13Cl2NO3. The number of hydrogen-bond acceptors (Lipinski definition) is 4. The second-order valence-corrected chi connectivity index (χ2v) is 5.95. The highest BCUT2D eigenvalue weighted by Crippen LogP contribution is 2.26. The van der Waals surface area contributed by atoms with Crippen LogP contribution in [0.5, 0.6) is 5.75 Å². The van der Waals surface area contributed by atoms with Crippen molar-refractivity contribution in [3.63, 3.8) is 0 Å². The van der Waals surface area contributed by atoms with Crippen LogP contribution in [0.4, 0.5) is 0 Å². The number of cyclic esters (lactones) is 1. The van der Waals surface area contributed by atoms with Crippen LogP contribution in [0, 0.1) is 0 Å². The fourth-order valence-electron chi connectivity index (χ4n) is 2.14. The molecule has 2 aromatic carbocycles. The van der Waals surface area contributed by atoms with Crippen LogP contribution >= 0.6 is 23.2 Å². The number of halogens is 2. The van der Waals surface area contributed by atoms with Crippen molar-refractivity contribution in [2.75, 3.05) is 6.61 Å². The van der Waals surface area contributed by atoms with Crippen LogP contribution < -0.4 is 4.74 Å². The molecule has 3 rings (SSSR count). The van der Waals surface area contributed by atoms with Crippen molar-refractivity contribution in [3.8, 4) is 5.75 Å². The van der Waals surface area contributed by atoms with E-state index < -0.39 is 5.97 Å². The molecule has 0 saturated carbocycles. The monoisotopic (exact) mass is 373 g/mol. The Labute approximate surface area is 155 Å². The maximum absolute atomic E-state index is 12.0. The number of hydrogen-bond donors (Lipinski definition) is 0. The van der Waals surface area contributed by atoms with Gasteiger partial charge in [-0.2, -0.15) is 0 Å². The Morgan fingerprint density at radius 3 is 2.56 bits per heavy atom. The Bertz CT molecular complexity index is 886. The lowest BCUT2D eigenvalue weighted by atomic mass is 10.2. The predicted octanol–water partition coefficient (Wildman–Crippen LogP) is 4.90. The molecule has 126 valence electrons. The number of aliphatic imine (C=N–C) groups is 1. The zero-order chi connectivity index (χ0) is 17.8. The molecule has 6 heteroatoms. The zero-order valence-electron chi connectivity index (χ0n) is 13.0. The Hall–Kier alpha value is -2.56. The van der Waals surface area contributed by atoms with E-state index in [-0.39, 0.29) is 11.6 Å². The molecule has 25 heavy (non-hydrogen) atoms. The van der Waals surface area contributed by atoms with Gasteiger partial charge in [0.15, 0.2) is 5.70 Å². The van der Waals surface area contributed by atoms with Crippen molar-refractivity contribution < 1.29 is 14.3 Å². The average molecular weight is 374 g/mol. The summed E-state index contributed by atoms with van der Waals surface area (Å²) in [6.45, 7) is 4.03. The van der Waals surface area contributed by atoms with E-state index in [1.54, 1.807) is 42.5 Å². The molecule has 1 aliphatic rings. The van der Waals surface area contributed by atoms with Crippen LogP contribution in [0.15, 0.2) is 65.8 Å². The summed E-state index contributed by atoms with van der Waals surface area (Å²) in [5.41, 5.74) is 1.59. The Kier molecular flexibility index (Phi) is 5.22. The summed E-state index contributed by atoms with van der Waals surface area (Å²) in [6.07, 6.45) is 3.31. The quantitative estimate of drug-likeness (QED) is 0.425. The summed E-state index contributed by atoms with van der Waals surface area (Å²) in [5, 5.41) is 0.787. The predicted molar refractivity (Wildman–Crippen MR) is 99.2 cm³/mol. The molecule has 0 atom stereocenters. The lowest BCUT2D eigenvalue weighted by Gasteiger charge is -2.02. The Morgan fingerprint density at radius 2 is 1.88 bits per heavy atom. The molecule has 0 aliphatic carbocycles. The van der Waals surface area contributed by atoms with E-state index in [4.69, 9.17) is 32.7 Å². The van der Waals surface area contributed by atoms with Gasteiger partial charge in [0.2, 0.25) is 5.90 Å². The first-order chi connectivity index (χ1) is 12.1. The van der Waals surface area contributed by atoms with Crippen molar-refractivity contribution >= 4 is 41.1 Å². The van der Waals surface area contributed by atoms with Gasteiger partial charge in [-0.3, -0.25) is 0 Å². The SMILES string of the molecule is C=CCOc1ccc(/C=C2\N=C(c3ccc(Cl)c(Cl)c3)OC2=O)cc1. The maximum Gasteiger partial charge on any atom is 0.363 e. The molecule has 1 heterocycles. The zero-order valence-corrected chi connectivity index (χ0v) is 14.6. The topological polar surface area (TPSA) is 47.9 Å². The minimum absolute atomic E-state index is 0.195. The summed E-state index contributed by atoms with van der Waals surface area (Å²) in [7, 11) is 0. The highest BCUT2D eigenvalue weighted by atomic mass is 35.5. The van der Waals surface area contributed by atoms with Crippen molar-refractivity contribution in [2.45, 2.75) is 0 Å². The first kappa shape index (κ1) is 17.3. The average Bonchev–Trinajstić information content (AvgIpc) is 2.97. The minimum atomic E-state index is -0.520. The van der Waals surface area contributed by atoms with E-state index in [9.17, 15) is 4.79 Å². The molecule has 0 N–H and O–H groups in total. The number of carbonyl (C=O) groups is 1. The second-order valence-electron chi connectivity index (χ2n) is 5.13. The molecule has 0 fully saturated rings.